The number of nitrogens with one attached hydrogen (secondary N) is 2. The van der Waals surface area contributed by atoms with Gasteiger partial charge in [0.2, 0.25) is 0 Å². The van der Waals surface area contributed by atoms with Crippen LogP contribution in [0.3, 0.4) is 0 Å². The zero-order valence-electron chi connectivity index (χ0n) is 19.6. The number of nitrogens with two attached hydrogens (primary N) is 1. The first-order chi connectivity index (χ1) is 17.2. The number of fused-ring (bicyclic) bond motifs is 1. The van der Waals surface area contributed by atoms with E-state index in [-0.39, 0.29) is 5.91 Å². The van der Waals surface area contributed by atoms with Crippen molar-refractivity contribution in [2.24, 2.45) is 5.73 Å². The fourth-order valence-corrected chi connectivity index (χ4v) is 5.10. The molecule has 4 aromatic rings. The fourth-order valence-electron chi connectivity index (χ4n) is 4.73. The first kappa shape index (κ1) is 23.3. The van der Waals surface area contributed by atoms with Crippen molar-refractivity contribution in [1.82, 2.24) is 24.8 Å². The molecule has 0 saturated carbocycles. The number of nitrogens with zero attached hydrogens (tertiary/aromatic N) is 3. The molecule has 1 atom stereocenters. The minimum Gasteiger partial charge on any atom is -0.361 e. The molecule has 1 fully saturated rings. The van der Waals surface area contributed by atoms with Crippen molar-refractivity contribution < 1.29 is 4.79 Å². The summed E-state index contributed by atoms with van der Waals surface area (Å²) in [6, 6.07) is 17.9. The molecule has 2 aromatic heterocycles. The van der Waals surface area contributed by atoms with Crippen LogP contribution in [0.2, 0.25) is 0 Å². The van der Waals surface area contributed by atoms with Crippen molar-refractivity contribution in [3.8, 4) is 11.3 Å². The molecule has 35 heavy (non-hydrogen) atoms. The van der Waals surface area contributed by atoms with Crippen molar-refractivity contribution in [3.05, 3.63) is 78.4 Å². The van der Waals surface area contributed by atoms with E-state index in [1.54, 1.807) is 4.90 Å². The van der Waals surface area contributed by atoms with Crippen molar-refractivity contribution in [3.63, 3.8) is 0 Å². The number of benzene rings is 2. The van der Waals surface area contributed by atoms with Crippen molar-refractivity contribution >= 4 is 34.1 Å². The molecule has 1 unspecified atom stereocenters. The Morgan fingerprint density at radius 1 is 1.03 bits per heavy atom. The standard InChI is InChI=1S/C27H30N6OS/c28-13-7-2-8-14-32-26(34)24(15-25-30-17-23(31-25)19-9-3-1-4-10-19)33(27(32)35)18-20-16-29-22-12-6-5-11-21(20)22/h1,3-6,9-12,16-17,24,29H,2,7-8,13-15,18,28H2,(H,30,31). The van der Waals surface area contributed by atoms with Crippen LogP contribution in [0.15, 0.2) is 67.0 Å². The topological polar surface area (TPSA) is 94.0 Å². The minimum absolute atomic E-state index is 0.0419. The van der Waals surface area contributed by atoms with Gasteiger partial charge in [0.1, 0.15) is 11.9 Å². The number of thiocarbonyl (C=S) groups is 1. The number of hydrogen-bond donors (Lipinski definition) is 3. The third-order valence-corrected chi connectivity index (χ3v) is 7.06. The molecular formula is C27H30N6OS. The van der Waals surface area contributed by atoms with E-state index in [9.17, 15) is 4.79 Å². The average Bonchev–Trinajstić information content (AvgIpc) is 3.58. The highest BCUT2D eigenvalue weighted by atomic mass is 32.1. The van der Waals surface area contributed by atoms with E-state index < -0.39 is 6.04 Å². The van der Waals surface area contributed by atoms with Gasteiger partial charge in [-0.3, -0.25) is 9.69 Å². The van der Waals surface area contributed by atoms with Crippen LogP contribution < -0.4 is 5.73 Å². The Morgan fingerprint density at radius 2 is 1.83 bits per heavy atom. The Morgan fingerprint density at radius 3 is 2.66 bits per heavy atom. The van der Waals surface area contributed by atoms with Crippen LogP contribution in [0.1, 0.15) is 30.7 Å². The minimum atomic E-state index is -0.402. The van der Waals surface area contributed by atoms with E-state index in [1.165, 1.54) is 0 Å². The molecule has 2 aromatic carbocycles. The second-order valence-electron chi connectivity index (χ2n) is 8.94. The summed E-state index contributed by atoms with van der Waals surface area (Å²) < 4.78 is 0. The van der Waals surface area contributed by atoms with Gasteiger partial charge in [-0.15, -0.1) is 0 Å². The van der Waals surface area contributed by atoms with E-state index >= 15 is 0 Å². The van der Waals surface area contributed by atoms with Gasteiger partial charge in [0.05, 0.1) is 11.9 Å². The SMILES string of the molecule is NCCCCCN1C(=O)C(Cc2ncc(-c3ccccc3)[nH]2)N(Cc2c[nH]c3ccccc23)C1=S. The van der Waals surface area contributed by atoms with Crippen molar-refractivity contribution in [2.75, 3.05) is 13.1 Å². The maximum absolute atomic E-state index is 13.6. The van der Waals surface area contributed by atoms with Gasteiger partial charge in [-0.1, -0.05) is 55.0 Å². The highest BCUT2D eigenvalue weighted by Crippen LogP contribution is 2.27. The largest absolute Gasteiger partial charge is 0.361 e. The number of aromatic nitrogens is 3. The maximum atomic E-state index is 13.6. The van der Waals surface area contributed by atoms with Crippen LogP contribution in [0.4, 0.5) is 0 Å². The summed E-state index contributed by atoms with van der Waals surface area (Å²) in [5.41, 5.74) is 9.85. The Hall–Kier alpha value is -3.49. The third-order valence-electron chi connectivity index (χ3n) is 6.61. The lowest BCUT2D eigenvalue weighted by Crippen LogP contribution is -2.36. The molecular weight excluding hydrogens is 456 g/mol. The van der Waals surface area contributed by atoms with Crippen LogP contribution in [-0.2, 0) is 17.8 Å². The summed E-state index contributed by atoms with van der Waals surface area (Å²) in [6.07, 6.45) is 7.12. The molecule has 0 bridgehead atoms. The normalized spacial score (nSPS) is 16.1. The van der Waals surface area contributed by atoms with Gasteiger partial charge in [0.15, 0.2) is 5.11 Å². The Balaban J connectivity index is 1.40. The third kappa shape index (κ3) is 4.85. The predicted octanol–water partition coefficient (Wildman–Crippen LogP) is 4.23. The molecule has 4 N–H and O–H groups in total. The Bertz CT molecular complexity index is 1310. The van der Waals surface area contributed by atoms with Crippen LogP contribution in [0.25, 0.3) is 22.2 Å². The van der Waals surface area contributed by atoms with Crippen LogP contribution >= 0.6 is 12.2 Å². The van der Waals surface area contributed by atoms with Gasteiger partial charge >= 0.3 is 0 Å². The average molecular weight is 487 g/mol. The lowest BCUT2D eigenvalue weighted by Gasteiger charge is -2.23. The fraction of sp³-hybridized carbons (Fsp3) is 0.296. The van der Waals surface area contributed by atoms with Gasteiger partial charge in [-0.05, 0) is 48.8 Å². The lowest BCUT2D eigenvalue weighted by molar-refractivity contribution is -0.128. The molecule has 1 aliphatic heterocycles. The molecule has 1 amide bonds. The molecule has 0 spiro atoms. The first-order valence-electron chi connectivity index (χ1n) is 12.1. The first-order valence-corrected chi connectivity index (χ1v) is 12.5. The van der Waals surface area contributed by atoms with Crippen LogP contribution in [0, 0.1) is 0 Å². The highest BCUT2D eigenvalue weighted by Gasteiger charge is 2.42. The molecule has 1 aliphatic rings. The van der Waals surface area contributed by atoms with Gasteiger partial charge in [-0.25, -0.2) is 4.98 Å². The zero-order chi connectivity index (χ0) is 24.2. The van der Waals surface area contributed by atoms with E-state index in [0.717, 1.165) is 52.8 Å². The lowest BCUT2D eigenvalue weighted by atomic mass is 10.1. The number of H-pyrrole nitrogens is 2. The Labute approximate surface area is 210 Å². The monoisotopic (exact) mass is 486 g/mol. The molecule has 7 nitrogen and oxygen atoms in total. The van der Waals surface area contributed by atoms with Gasteiger partial charge in [0.25, 0.3) is 5.91 Å². The van der Waals surface area contributed by atoms with Crippen LogP contribution in [0.5, 0.6) is 0 Å². The summed E-state index contributed by atoms with van der Waals surface area (Å²) >= 11 is 5.85. The van der Waals surface area contributed by atoms with Gasteiger partial charge in [0, 0.05) is 36.6 Å². The van der Waals surface area contributed by atoms with E-state index in [1.807, 2.05) is 54.9 Å². The summed E-state index contributed by atoms with van der Waals surface area (Å²) in [5, 5.41) is 1.74. The molecule has 3 heterocycles. The number of unbranched alkanes of at least 4 members (excludes halogenated alkanes) is 2. The molecule has 0 aliphatic carbocycles. The smallest absolute Gasteiger partial charge is 0.251 e. The Kier molecular flexibility index (Phi) is 6.92. The van der Waals surface area contributed by atoms with E-state index in [4.69, 9.17) is 18.0 Å². The maximum Gasteiger partial charge on any atom is 0.251 e. The number of para-hydroxylation sites is 1. The number of imidazole rings is 1. The van der Waals surface area contributed by atoms with Crippen LogP contribution in [-0.4, -0.2) is 54.9 Å². The number of hydrogen-bond acceptors (Lipinski definition) is 4. The molecule has 0 radical (unpaired) electrons. The zero-order valence-corrected chi connectivity index (χ0v) is 20.4. The van der Waals surface area contributed by atoms with E-state index in [2.05, 4.69) is 32.0 Å². The summed E-state index contributed by atoms with van der Waals surface area (Å²) in [6.45, 7) is 1.84. The van der Waals surface area contributed by atoms with Crippen molar-refractivity contribution in [1.29, 1.82) is 0 Å². The quantitative estimate of drug-likeness (QED) is 0.230. The van der Waals surface area contributed by atoms with E-state index in [0.29, 0.717) is 31.2 Å². The highest BCUT2D eigenvalue weighted by molar-refractivity contribution is 7.80. The van der Waals surface area contributed by atoms with Gasteiger partial charge < -0.3 is 20.6 Å². The summed E-state index contributed by atoms with van der Waals surface area (Å²) in [7, 11) is 0. The van der Waals surface area contributed by atoms with Crippen molar-refractivity contribution in [2.45, 2.75) is 38.3 Å². The number of aromatic amines is 2. The molecule has 1 saturated heterocycles. The predicted molar refractivity (Wildman–Crippen MR) is 143 cm³/mol. The number of carbonyl (C=O) groups is 1. The van der Waals surface area contributed by atoms with Gasteiger partial charge in [-0.2, -0.15) is 0 Å². The second-order valence-corrected chi connectivity index (χ2v) is 9.30. The molecule has 5 rings (SSSR count). The second kappa shape index (κ2) is 10.4. The number of rotatable bonds is 10. The molecule has 8 heteroatoms. The number of amides is 1. The molecule has 180 valence electrons. The summed E-state index contributed by atoms with van der Waals surface area (Å²) in [4.78, 5) is 28.7. The number of carbonyl (C=O) groups excluding carboxylic acids is 1. The summed E-state index contributed by atoms with van der Waals surface area (Å²) in [5.74, 6) is 0.819.